The molecule has 1 rings (SSSR count). The highest BCUT2D eigenvalue weighted by molar-refractivity contribution is 14.0. The fourth-order valence-corrected chi connectivity index (χ4v) is 2.26. The maximum Gasteiger partial charge on any atom is 0.191 e. The third kappa shape index (κ3) is 8.68. The van der Waals surface area contributed by atoms with Crippen LogP contribution in [0, 0.1) is 0 Å². The van der Waals surface area contributed by atoms with Crippen LogP contribution in [0.1, 0.15) is 27.2 Å². The third-order valence-corrected chi connectivity index (χ3v) is 3.71. The van der Waals surface area contributed by atoms with E-state index in [0.717, 1.165) is 31.2 Å². The van der Waals surface area contributed by atoms with Crippen LogP contribution in [-0.2, 0) is 0 Å². The lowest BCUT2D eigenvalue weighted by atomic mass is 10.3. The first-order valence-corrected chi connectivity index (χ1v) is 7.97. The van der Waals surface area contributed by atoms with Crippen LogP contribution in [0.15, 0.2) is 40.2 Å². The molecule has 0 radical (unpaired) electrons. The minimum Gasteiger partial charge on any atom is -0.357 e. The van der Waals surface area contributed by atoms with E-state index in [1.165, 1.54) is 4.90 Å². The molecule has 20 heavy (non-hydrogen) atoms. The molecule has 0 spiro atoms. The van der Waals surface area contributed by atoms with Gasteiger partial charge in [-0.2, -0.15) is 0 Å². The van der Waals surface area contributed by atoms with Gasteiger partial charge in [-0.25, -0.2) is 0 Å². The summed E-state index contributed by atoms with van der Waals surface area (Å²) in [5.41, 5.74) is 0. The van der Waals surface area contributed by atoms with Gasteiger partial charge in [-0.1, -0.05) is 25.1 Å². The smallest absolute Gasteiger partial charge is 0.191 e. The van der Waals surface area contributed by atoms with E-state index in [-0.39, 0.29) is 24.0 Å². The Kier molecular flexibility index (Phi) is 12.1. The first kappa shape index (κ1) is 19.6. The Bertz CT molecular complexity index is 371. The van der Waals surface area contributed by atoms with Crippen LogP contribution in [0.4, 0.5) is 0 Å². The molecule has 1 atom stereocenters. The number of benzene rings is 1. The monoisotopic (exact) mass is 407 g/mol. The van der Waals surface area contributed by atoms with E-state index in [2.05, 4.69) is 60.7 Å². The van der Waals surface area contributed by atoms with Crippen molar-refractivity contribution in [2.45, 2.75) is 38.1 Å². The van der Waals surface area contributed by atoms with Crippen LogP contribution in [0.3, 0.4) is 0 Å². The quantitative estimate of drug-likeness (QED) is 0.238. The van der Waals surface area contributed by atoms with Crippen LogP contribution in [0.2, 0.25) is 0 Å². The predicted molar refractivity (Wildman–Crippen MR) is 101 cm³/mol. The van der Waals surface area contributed by atoms with Gasteiger partial charge in [0, 0.05) is 23.2 Å². The van der Waals surface area contributed by atoms with Crippen LogP contribution >= 0.6 is 35.7 Å². The molecule has 1 aromatic rings. The molecule has 5 heteroatoms. The number of halogens is 1. The van der Waals surface area contributed by atoms with Crippen LogP contribution in [0.25, 0.3) is 0 Å². The van der Waals surface area contributed by atoms with E-state index in [1.807, 2.05) is 17.8 Å². The van der Waals surface area contributed by atoms with Gasteiger partial charge < -0.3 is 10.6 Å². The summed E-state index contributed by atoms with van der Waals surface area (Å²) in [4.78, 5) is 5.89. The summed E-state index contributed by atoms with van der Waals surface area (Å²) in [5.74, 6) is 1.92. The van der Waals surface area contributed by atoms with Crippen molar-refractivity contribution >= 4 is 41.7 Å². The number of aliphatic imine (C=N–C) groups is 1. The van der Waals surface area contributed by atoms with Gasteiger partial charge in [0.25, 0.3) is 0 Å². The van der Waals surface area contributed by atoms with Gasteiger partial charge in [0.05, 0.1) is 6.54 Å². The highest BCUT2D eigenvalue weighted by Gasteiger charge is 2.01. The molecule has 0 aliphatic heterocycles. The largest absolute Gasteiger partial charge is 0.357 e. The average molecular weight is 407 g/mol. The molecule has 0 bridgehead atoms. The van der Waals surface area contributed by atoms with E-state index in [0.29, 0.717) is 6.04 Å². The maximum absolute atomic E-state index is 4.59. The number of nitrogens with one attached hydrogen (secondary N) is 2. The summed E-state index contributed by atoms with van der Waals surface area (Å²) in [6.07, 6.45) is 1.10. The molecule has 0 amide bonds. The average Bonchev–Trinajstić information content (AvgIpc) is 2.44. The summed E-state index contributed by atoms with van der Waals surface area (Å²) in [6, 6.07) is 10.9. The Morgan fingerprint density at radius 1 is 1.25 bits per heavy atom. The predicted octanol–water partition coefficient (Wildman–Crippen LogP) is 3.75. The number of hydrogen-bond donors (Lipinski definition) is 2. The SMILES string of the molecule is CCNC(=NCCSc1ccccc1)NC(C)CC.I. The highest BCUT2D eigenvalue weighted by atomic mass is 127. The standard InChI is InChI=1S/C15H25N3S.HI/c1-4-13(3)18-15(16-5-2)17-11-12-19-14-9-7-6-8-10-14;/h6-10,13H,4-5,11-12H2,1-3H3,(H2,16,17,18);1H. The van der Waals surface area contributed by atoms with Crippen molar-refractivity contribution in [3.63, 3.8) is 0 Å². The lowest BCUT2D eigenvalue weighted by molar-refractivity contribution is 0.625. The number of hydrogen-bond acceptors (Lipinski definition) is 2. The molecule has 114 valence electrons. The molecular formula is C15H26IN3S. The number of thioether (sulfide) groups is 1. The molecule has 0 aliphatic carbocycles. The van der Waals surface area contributed by atoms with Crippen LogP contribution in [0.5, 0.6) is 0 Å². The van der Waals surface area contributed by atoms with E-state index < -0.39 is 0 Å². The Balaban J connectivity index is 0.00000361. The topological polar surface area (TPSA) is 36.4 Å². The molecular weight excluding hydrogens is 381 g/mol. The van der Waals surface area contributed by atoms with Gasteiger partial charge >= 0.3 is 0 Å². The molecule has 0 saturated heterocycles. The van der Waals surface area contributed by atoms with Gasteiger partial charge in [-0.15, -0.1) is 35.7 Å². The summed E-state index contributed by atoms with van der Waals surface area (Å²) in [7, 11) is 0. The van der Waals surface area contributed by atoms with Crippen LogP contribution < -0.4 is 10.6 Å². The van der Waals surface area contributed by atoms with Crippen molar-refractivity contribution in [2.24, 2.45) is 4.99 Å². The first-order valence-electron chi connectivity index (χ1n) is 6.99. The number of guanidine groups is 1. The minimum absolute atomic E-state index is 0. The Labute approximate surface area is 144 Å². The normalized spacial score (nSPS) is 12.4. The zero-order valence-electron chi connectivity index (χ0n) is 12.6. The van der Waals surface area contributed by atoms with E-state index >= 15 is 0 Å². The van der Waals surface area contributed by atoms with E-state index in [9.17, 15) is 0 Å². The Morgan fingerprint density at radius 2 is 1.95 bits per heavy atom. The van der Waals surface area contributed by atoms with Crippen molar-refractivity contribution in [3.8, 4) is 0 Å². The number of rotatable bonds is 7. The lowest BCUT2D eigenvalue weighted by Gasteiger charge is -2.16. The lowest BCUT2D eigenvalue weighted by Crippen LogP contribution is -2.42. The second-order valence-corrected chi connectivity index (χ2v) is 5.54. The molecule has 3 nitrogen and oxygen atoms in total. The molecule has 1 unspecified atom stereocenters. The summed E-state index contributed by atoms with van der Waals surface area (Å²) in [6.45, 7) is 8.16. The molecule has 0 aromatic heterocycles. The van der Waals surface area contributed by atoms with Crippen molar-refractivity contribution in [1.29, 1.82) is 0 Å². The molecule has 0 saturated carbocycles. The second-order valence-electron chi connectivity index (χ2n) is 4.38. The molecule has 0 aliphatic rings. The van der Waals surface area contributed by atoms with Crippen molar-refractivity contribution in [3.05, 3.63) is 30.3 Å². The Morgan fingerprint density at radius 3 is 2.55 bits per heavy atom. The molecule has 0 fully saturated rings. The van der Waals surface area contributed by atoms with Crippen molar-refractivity contribution in [2.75, 3.05) is 18.8 Å². The summed E-state index contributed by atoms with van der Waals surface area (Å²) < 4.78 is 0. The van der Waals surface area contributed by atoms with E-state index in [4.69, 9.17) is 0 Å². The Hall–Kier alpha value is -0.430. The summed E-state index contributed by atoms with van der Waals surface area (Å²) >= 11 is 1.84. The van der Waals surface area contributed by atoms with Gasteiger partial charge in [0.2, 0.25) is 0 Å². The molecule has 0 heterocycles. The zero-order valence-corrected chi connectivity index (χ0v) is 15.7. The van der Waals surface area contributed by atoms with Gasteiger partial charge in [0.15, 0.2) is 5.96 Å². The first-order chi connectivity index (χ1) is 9.26. The molecule has 2 N–H and O–H groups in total. The van der Waals surface area contributed by atoms with Gasteiger partial charge in [0.1, 0.15) is 0 Å². The zero-order chi connectivity index (χ0) is 13.9. The van der Waals surface area contributed by atoms with Crippen molar-refractivity contribution < 1.29 is 0 Å². The minimum atomic E-state index is 0. The maximum atomic E-state index is 4.59. The van der Waals surface area contributed by atoms with Gasteiger partial charge in [-0.05, 0) is 32.4 Å². The van der Waals surface area contributed by atoms with Gasteiger partial charge in [-0.3, -0.25) is 4.99 Å². The van der Waals surface area contributed by atoms with E-state index in [1.54, 1.807) is 0 Å². The fourth-order valence-electron chi connectivity index (χ4n) is 1.49. The third-order valence-electron chi connectivity index (χ3n) is 2.71. The molecule has 1 aromatic carbocycles. The number of nitrogens with zero attached hydrogens (tertiary/aromatic N) is 1. The fraction of sp³-hybridized carbons (Fsp3) is 0.533. The van der Waals surface area contributed by atoms with Crippen molar-refractivity contribution in [1.82, 2.24) is 10.6 Å². The summed E-state index contributed by atoms with van der Waals surface area (Å²) in [5, 5.41) is 6.67. The highest BCUT2D eigenvalue weighted by Crippen LogP contribution is 2.16. The van der Waals surface area contributed by atoms with Crippen LogP contribution in [-0.4, -0.2) is 30.8 Å². The second kappa shape index (κ2) is 12.3.